The molecule has 0 aliphatic carbocycles. The Morgan fingerprint density at radius 1 is 1.42 bits per heavy atom. The highest BCUT2D eigenvalue weighted by atomic mass is 32.1. The fourth-order valence-corrected chi connectivity index (χ4v) is 2.07. The van der Waals surface area contributed by atoms with Crippen LogP contribution in [0.5, 0.6) is 5.88 Å². The highest BCUT2D eigenvalue weighted by molar-refractivity contribution is 7.14. The van der Waals surface area contributed by atoms with Crippen LogP contribution in [0.25, 0.3) is 0 Å². The van der Waals surface area contributed by atoms with Gasteiger partial charge in [-0.05, 0) is 13.0 Å². The van der Waals surface area contributed by atoms with E-state index in [0.29, 0.717) is 17.5 Å². The molecule has 0 spiro atoms. The van der Waals surface area contributed by atoms with Gasteiger partial charge in [0, 0.05) is 6.07 Å². The number of thiazole rings is 1. The zero-order valence-electron chi connectivity index (χ0n) is 10.5. The van der Waals surface area contributed by atoms with Crippen LogP contribution >= 0.6 is 11.3 Å². The van der Waals surface area contributed by atoms with Gasteiger partial charge < -0.3 is 14.8 Å². The minimum atomic E-state index is -0.437. The van der Waals surface area contributed by atoms with E-state index in [1.54, 1.807) is 37.9 Å². The van der Waals surface area contributed by atoms with Crippen LogP contribution in [-0.2, 0) is 4.74 Å². The van der Waals surface area contributed by atoms with Gasteiger partial charge in [-0.15, -0.1) is 11.3 Å². The average Bonchev–Trinajstić information content (AvgIpc) is 2.88. The number of rotatable bonds is 5. The van der Waals surface area contributed by atoms with Gasteiger partial charge in [0.2, 0.25) is 5.88 Å². The van der Waals surface area contributed by atoms with Crippen molar-refractivity contribution in [3.63, 3.8) is 0 Å². The van der Waals surface area contributed by atoms with Gasteiger partial charge in [0.15, 0.2) is 5.69 Å². The van der Waals surface area contributed by atoms with Crippen LogP contribution in [0.3, 0.4) is 0 Å². The van der Waals surface area contributed by atoms with E-state index < -0.39 is 5.97 Å². The standard InChI is InChI=1S/C12H13N3O3S/c1-3-18-12(16)10-11(19-7-14-10)15-8-4-5-9(17-2)13-6-8/h4-7,15H,3H2,1-2H3. The van der Waals surface area contributed by atoms with E-state index in [9.17, 15) is 4.79 Å². The quantitative estimate of drug-likeness (QED) is 0.848. The Hall–Kier alpha value is -2.15. The predicted molar refractivity (Wildman–Crippen MR) is 72.1 cm³/mol. The summed E-state index contributed by atoms with van der Waals surface area (Å²) in [6.07, 6.45) is 1.62. The molecule has 6 nitrogen and oxygen atoms in total. The lowest BCUT2D eigenvalue weighted by Crippen LogP contribution is -2.07. The fraction of sp³-hybridized carbons (Fsp3) is 0.250. The third-order valence-corrected chi connectivity index (χ3v) is 2.98. The summed E-state index contributed by atoms with van der Waals surface area (Å²) in [7, 11) is 1.55. The van der Waals surface area contributed by atoms with Crippen molar-refractivity contribution in [1.29, 1.82) is 0 Å². The van der Waals surface area contributed by atoms with Crippen LogP contribution in [0.15, 0.2) is 23.8 Å². The largest absolute Gasteiger partial charge is 0.481 e. The number of nitrogens with zero attached hydrogens (tertiary/aromatic N) is 2. The monoisotopic (exact) mass is 279 g/mol. The molecular weight excluding hydrogens is 266 g/mol. The Morgan fingerprint density at radius 3 is 2.89 bits per heavy atom. The first kappa shape index (κ1) is 13.3. The van der Waals surface area contributed by atoms with E-state index in [4.69, 9.17) is 9.47 Å². The average molecular weight is 279 g/mol. The summed E-state index contributed by atoms with van der Waals surface area (Å²) >= 11 is 1.33. The normalized spacial score (nSPS) is 10.0. The molecule has 100 valence electrons. The zero-order chi connectivity index (χ0) is 13.7. The molecule has 2 rings (SSSR count). The van der Waals surface area contributed by atoms with Crippen molar-refractivity contribution in [2.24, 2.45) is 0 Å². The Bertz CT molecular complexity index is 554. The van der Waals surface area contributed by atoms with Gasteiger partial charge in [0.05, 0.1) is 31.1 Å². The molecule has 0 saturated heterocycles. The maximum atomic E-state index is 11.7. The molecule has 2 heterocycles. The first-order chi connectivity index (χ1) is 9.24. The van der Waals surface area contributed by atoms with E-state index in [2.05, 4.69) is 15.3 Å². The van der Waals surface area contributed by atoms with Crippen molar-refractivity contribution < 1.29 is 14.3 Å². The van der Waals surface area contributed by atoms with Gasteiger partial charge in [0.25, 0.3) is 0 Å². The lowest BCUT2D eigenvalue weighted by molar-refractivity contribution is 0.0521. The summed E-state index contributed by atoms with van der Waals surface area (Å²) in [4.78, 5) is 19.7. The molecular formula is C12H13N3O3S. The highest BCUT2D eigenvalue weighted by Gasteiger charge is 2.16. The Labute approximate surface area is 114 Å². The van der Waals surface area contributed by atoms with Crippen molar-refractivity contribution in [2.45, 2.75) is 6.92 Å². The third-order valence-electron chi connectivity index (χ3n) is 2.24. The second kappa shape index (κ2) is 6.14. The number of carbonyl (C=O) groups excluding carboxylic acids is 1. The summed E-state index contributed by atoms with van der Waals surface area (Å²) in [6, 6.07) is 3.54. The van der Waals surface area contributed by atoms with E-state index in [0.717, 1.165) is 5.69 Å². The molecule has 2 aromatic rings. The second-order valence-electron chi connectivity index (χ2n) is 3.46. The molecule has 19 heavy (non-hydrogen) atoms. The maximum Gasteiger partial charge on any atom is 0.360 e. The van der Waals surface area contributed by atoms with Crippen molar-refractivity contribution in [1.82, 2.24) is 9.97 Å². The molecule has 0 bridgehead atoms. The summed E-state index contributed by atoms with van der Waals surface area (Å²) in [6.45, 7) is 2.07. The minimum Gasteiger partial charge on any atom is -0.481 e. The predicted octanol–water partition coefficient (Wildman–Crippen LogP) is 2.47. The number of anilines is 2. The molecule has 1 N–H and O–H groups in total. The summed E-state index contributed by atoms with van der Waals surface area (Å²) < 4.78 is 9.91. The van der Waals surface area contributed by atoms with Gasteiger partial charge in [0.1, 0.15) is 5.00 Å². The molecule has 0 fully saturated rings. The topological polar surface area (TPSA) is 73.3 Å². The lowest BCUT2D eigenvalue weighted by Gasteiger charge is -2.06. The third kappa shape index (κ3) is 3.19. The maximum absolute atomic E-state index is 11.7. The molecule has 0 aliphatic rings. The van der Waals surface area contributed by atoms with Crippen molar-refractivity contribution >= 4 is 28.0 Å². The number of esters is 1. The van der Waals surface area contributed by atoms with E-state index in [-0.39, 0.29) is 5.69 Å². The van der Waals surface area contributed by atoms with Crippen LogP contribution in [0.4, 0.5) is 10.7 Å². The molecule has 7 heteroatoms. The Balaban J connectivity index is 2.14. The molecule has 0 aliphatic heterocycles. The molecule has 0 atom stereocenters. The van der Waals surface area contributed by atoms with Crippen LogP contribution in [-0.4, -0.2) is 29.7 Å². The van der Waals surface area contributed by atoms with Crippen LogP contribution in [0.2, 0.25) is 0 Å². The smallest absolute Gasteiger partial charge is 0.360 e. The first-order valence-electron chi connectivity index (χ1n) is 5.62. The van der Waals surface area contributed by atoms with Crippen LogP contribution in [0, 0.1) is 0 Å². The summed E-state index contributed by atoms with van der Waals surface area (Å²) in [5.74, 6) is 0.0909. The van der Waals surface area contributed by atoms with Gasteiger partial charge in [-0.2, -0.15) is 0 Å². The summed E-state index contributed by atoms with van der Waals surface area (Å²) in [5.41, 5.74) is 2.62. The molecule has 2 aromatic heterocycles. The molecule has 0 radical (unpaired) electrons. The zero-order valence-corrected chi connectivity index (χ0v) is 11.4. The molecule has 0 unspecified atom stereocenters. The van der Waals surface area contributed by atoms with E-state index in [1.807, 2.05) is 0 Å². The van der Waals surface area contributed by atoms with Crippen molar-refractivity contribution in [3.8, 4) is 5.88 Å². The van der Waals surface area contributed by atoms with Crippen molar-refractivity contribution in [3.05, 3.63) is 29.5 Å². The molecule has 0 amide bonds. The Kier molecular flexibility index (Phi) is 4.30. The number of nitrogens with one attached hydrogen (secondary N) is 1. The number of carbonyl (C=O) groups is 1. The number of hydrogen-bond donors (Lipinski definition) is 1. The highest BCUT2D eigenvalue weighted by Crippen LogP contribution is 2.25. The van der Waals surface area contributed by atoms with Crippen LogP contribution in [0.1, 0.15) is 17.4 Å². The van der Waals surface area contributed by atoms with Crippen molar-refractivity contribution in [2.75, 3.05) is 19.0 Å². The Morgan fingerprint density at radius 2 is 2.26 bits per heavy atom. The van der Waals surface area contributed by atoms with Gasteiger partial charge in [-0.1, -0.05) is 0 Å². The van der Waals surface area contributed by atoms with Crippen LogP contribution < -0.4 is 10.1 Å². The van der Waals surface area contributed by atoms with Gasteiger partial charge in [-0.3, -0.25) is 0 Å². The van der Waals surface area contributed by atoms with Gasteiger partial charge >= 0.3 is 5.97 Å². The number of pyridine rings is 1. The first-order valence-corrected chi connectivity index (χ1v) is 6.50. The van der Waals surface area contributed by atoms with E-state index >= 15 is 0 Å². The van der Waals surface area contributed by atoms with E-state index in [1.165, 1.54) is 11.3 Å². The fourth-order valence-electron chi connectivity index (χ4n) is 1.39. The SMILES string of the molecule is CCOC(=O)c1ncsc1Nc1ccc(OC)nc1. The summed E-state index contributed by atoms with van der Waals surface area (Å²) in [5, 5.41) is 3.71. The lowest BCUT2D eigenvalue weighted by atomic mass is 10.4. The number of aromatic nitrogens is 2. The number of ether oxygens (including phenoxy) is 2. The second-order valence-corrected chi connectivity index (χ2v) is 4.32. The molecule has 0 saturated carbocycles. The number of methoxy groups -OCH3 is 1. The molecule has 0 aromatic carbocycles. The minimum absolute atomic E-state index is 0.280. The number of hydrogen-bond acceptors (Lipinski definition) is 7. The van der Waals surface area contributed by atoms with Gasteiger partial charge in [-0.25, -0.2) is 14.8 Å².